The molecule has 1 heterocycles. The van der Waals surface area contributed by atoms with Gasteiger partial charge in [0, 0.05) is 0 Å². The molecule has 0 radical (unpaired) electrons. The number of nitrogens with zero attached hydrogens (tertiary/aromatic N) is 1. The molecular formula is C13H19NO2Si. The van der Waals surface area contributed by atoms with Crippen LogP contribution >= 0.6 is 0 Å². The number of carbonyl (C=O) groups excluding carboxylic acids is 1. The van der Waals surface area contributed by atoms with Gasteiger partial charge in [-0.1, -0.05) is 31.8 Å². The Hall–Kier alpha value is -1.29. The molecule has 0 atom stereocenters. The Bertz CT molecular complexity index is 463. The molecule has 1 aromatic carbocycles. The summed E-state index contributed by atoms with van der Waals surface area (Å²) in [6, 6.07) is 7.46. The second-order valence-electron chi connectivity index (χ2n) is 5.86. The van der Waals surface area contributed by atoms with Crippen molar-refractivity contribution in [3.63, 3.8) is 0 Å². The van der Waals surface area contributed by atoms with Gasteiger partial charge < -0.3 is 9.30 Å². The summed E-state index contributed by atoms with van der Waals surface area (Å²) >= 11 is 0. The predicted molar refractivity (Wildman–Crippen MR) is 70.7 cm³/mol. The van der Waals surface area contributed by atoms with Gasteiger partial charge in [-0.15, -0.1) is 0 Å². The molecule has 0 aliphatic carbocycles. The predicted octanol–water partition coefficient (Wildman–Crippen LogP) is 3.09. The van der Waals surface area contributed by atoms with Crippen LogP contribution in [0.5, 0.6) is 5.75 Å². The summed E-state index contributed by atoms with van der Waals surface area (Å²) in [5, 5.41) is 0. The molecule has 0 saturated heterocycles. The summed E-state index contributed by atoms with van der Waals surface area (Å²) in [5.41, 5.74) is 0.116. The number of carbonyl (C=O) groups is 1. The fraction of sp³-hybridized carbons (Fsp3) is 0.462. The highest BCUT2D eigenvalue weighted by Crippen LogP contribution is 2.36. The minimum atomic E-state index is -1.76. The van der Waals surface area contributed by atoms with Crippen LogP contribution < -0.4 is 4.74 Å². The molecule has 0 spiro atoms. The molecule has 1 aliphatic rings. The third-order valence-corrected chi connectivity index (χ3v) is 4.97. The van der Waals surface area contributed by atoms with Crippen LogP contribution in [-0.4, -0.2) is 24.4 Å². The second kappa shape index (κ2) is 3.60. The zero-order valence-corrected chi connectivity index (χ0v) is 12.1. The van der Waals surface area contributed by atoms with Crippen molar-refractivity contribution >= 4 is 14.1 Å². The molecule has 0 saturated carbocycles. The van der Waals surface area contributed by atoms with E-state index in [1.807, 2.05) is 42.7 Å². The van der Waals surface area contributed by atoms with Gasteiger partial charge >= 0.3 is 0 Å². The van der Waals surface area contributed by atoms with Crippen molar-refractivity contribution in [3.8, 4) is 5.75 Å². The molecule has 3 nitrogen and oxygen atoms in total. The van der Waals surface area contributed by atoms with Gasteiger partial charge in [0.1, 0.15) is 5.75 Å². The number of benzene rings is 1. The van der Waals surface area contributed by atoms with E-state index in [0.717, 1.165) is 0 Å². The Kier molecular flexibility index (Phi) is 2.58. The lowest BCUT2D eigenvalue weighted by Gasteiger charge is -2.49. The first-order valence-electron chi connectivity index (χ1n) is 5.86. The number of amides is 1. The molecule has 0 aromatic heterocycles. The third kappa shape index (κ3) is 1.97. The Morgan fingerprint density at radius 2 is 1.76 bits per heavy atom. The van der Waals surface area contributed by atoms with E-state index in [4.69, 9.17) is 4.74 Å². The zero-order chi connectivity index (χ0) is 12.8. The van der Waals surface area contributed by atoms with Crippen LogP contribution in [0.15, 0.2) is 24.3 Å². The van der Waals surface area contributed by atoms with Gasteiger partial charge in [0.2, 0.25) is 0 Å². The molecule has 1 amide bonds. The van der Waals surface area contributed by atoms with Crippen LogP contribution in [0.4, 0.5) is 0 Å². The van der Waals surface area contributed by atoms with Crippen molar-refractivity contribution in [1.29, 1.82) is 0 Å². The first-order valence-corrected chi connectivity index (χ1v) is 9.31. The Labute approximate surface area is 103 Å². The lowest BCUT2D eigenvalue weighted by molar-refractivity contribution is -0.0133. The highest BCUT2D eigenvalue weighted by Gasteiger charge is 2.45. The standard InChI is InChI=1S/C13H19NO2Si/c1-13(2)14(17(3,4)5)12(15)10-8-6-7-9-11(10)16-13/h6-9H,1-5H3. The van der Waals surface area contributed by atoms with Crippen molar-refractivity contribution in [2.75, 3.05) is 0 Å². The van der Waals surface area contributed by atoms with Gasteiger partial charge in [0.05, 0.1) is 5.56 Å². The van der Waals surface area contributed by atoms with Crippen LogP contribution in [0.3, 0.4) is 0 Å². The Morgan fingerprint density at radius 1 is 1.18 bits per heavy atom. The minimum absolute atomic E-state index is 0.0935. The van der Waals surface area contributed by atoms with E-state index in [1.54, 1.807) is 0 Å². The Morgan fingerprint density at radius 3 is 2.35 bits per heavy atom. The summed E-state index contributed by atoms with van der Waals surface area (Å²) in [7, 11) is -1.76. The maximum Gasteiger partial charge on any atom is 0.252 e. The van der Waals surface area contributed by atoms with Gasteiger partial charge in [0.25, 0.3) is 5.91 Å². The van der Waals surface area contributed by atoms with Crippen LogP contribution in [0.1, 0.15) is 24.2 Å². The van der Waals surface area contributed by atoms with E-state index in [0.29, 0.717) is 11.3 Å². The van der Waals surface area contributed by atoms with Gasteiger partial charge in [-0.05, 0) is 26.0 Å². The molecular weight excluding hydrogens is 230 g/mol. The summed E-state index contributed by atoms with van der Waals surface area (Å²) in [5.74, 6) is 0.785. The summed E-state index contributed by atoms with van der Waals surface area (Å²) in [6.45, 7) is 10.4. The van der Waals surface area contributed by atoms with E-state index in [-0.39, 0.29) is 5.91 Å². The number of fused-ring (bicyclic) bond motifs is 1. The highest BCUT2D eigenvalue weighted by atomic mass is 28.3. The molecule has 1 aromatic rings. The van der Waals surface area contributed by atoms with Gasteiger partial charge in [0.15, 0.2) is 14.0 Å². The number of rotatable bonds is 1. The SMILES string of the molecule is CC1(C)Oc2ccccc2C(=O)N1[Si](C)(C)C. The first kappa shape index (κ1) is 12.2. The molecule has 1 aliphatic heterocycles. The lowest BCUT2D eigenvalue weighted by Crippen LogP contribution is -2.64. The highest BCUT2D eigenvalue weighted by molar-refractivity contribution is 6.76. The number of hydrogen-bond acceptors (Lipinski definition) is 2. The first-order chi connectivity index (χ1) is 7.73. The van der Waals surface area contributed by atoms with E-state index >= 15 is 0 Å². The molecule has 92 valence electrons. The maximum absolute atomic E-state index is 12.6. The smallest absolute Gasteiger partial charge is 0.252 e. The largest absolute Gasteiger partial charge is 0.468 e. The summed E-state index contributed by atoms with van der Waals surface area (Å²) in [6.07, 6.45) is 0. The van der Waals surface area contributed by atoms with Gasteiger partial charge in [-0.2, -0.15) is 0 Å². The average Bonchev–Trinajstić information content (AvgIpc) is 2.13. The molecule has 0 unspecified atom stereocenters. The van der Waals surface area contributed by atoms with E-state index in [9.17, 15) is 4.79 Å². The maximum atomic E-state index is 12.6. The third-order valence-electron chi connectivity index (χ3n) is 2.89. The zero-order valence-electron chi connectivity index (χ0n) is 11.1. The Balaban J connectivity index is 2.55. The molecule has 4 heteroatoms. The summed E-state index contributed by atoms with van der Waals surface area (Å²) < 4.78 is 7.90. The van der Waals surface area contributed by atoms with E-state index in [1.165, 1.54) is 0 Å². The molecule has 0 N–H and O–H groups in total. The lowest BCUT2D eigenvalue weighted by atomic mass is 10.1. The topological polar surface area (TPSA) is 29.5 Å². The van der Waals surface area contributed by atoms with Crippen molar-refractivity contribution in [2.24, 2.45) is 0 Å². The average molecular weight is 249 g/mol. The van der Waals surface area contributed by atoms with Crippen molar-refractivity contribution in [1.82, 2.24) is 4.57 Å². The number of ether oxygens (including phenoxy) is 1. The van der Waals surface area contributed by atoms with Crippen molar-refractivity contribution in [3.05, 3.63) is 29.8 Å². The van der Waals surface area contributed by atoms with Crippen molar-refractivity contribution < 1.29 is 9.53 Å². The number of para-hydroxylation sites is 1. The second-order valence-corrected chi connectivity index (χ2v) is 10.6. The van der Waals surface area contributed by atoms with Crippen LogP contribution in [0.2, 0.25) is 19.6 Å². The molecule has 17 heavy (non-hydrogen) atoms. The monoisotopic (exact) mass is 249 g/mol. The number of hydrogen-bond donors (Lipinski definition) is 0. The summed E-state index contributed by atoms with van der Waals surface area (Å²) in [4.78, 5) is 12.6. The van der Waals surface area contributed by atoms with Crippen LogP contribution in [0.25, 0.3) is 0 Å². The molecule has 0 fully saturated rings. The normalized spacial score (nSPS) is 18.6. The van der Waals surface area contributed by atoms with E-state index in [2.05, 4.69) is 19.6 Å². The van der Waals surface area contributed by atoms with Crippen molar-refractivity contribution in [2.45, 2.75) is 39.2 Å². The minimum Gasteiger partial charge on any atom is -0.468 e. The van der Waals surface area contributed by atoms with Gasteiger partial charge in [-0.3, -0.25) is 4.79 Å². The fourth-order valence-electron chi connectivity index (χ4n) is 2.52. The van der Waals surface area contributed by atoms with E-state index < -0.39 is 14.0 Å². The van der Waals surface area contributed by atoms with Crippen LogP contribution in [-0.2, 0) is 0 Å². The quantitative estimate of drug-likeness (QED) is 0.716. The van der Waals surface area contributed by atoms with Crippen LogP contribution in [0, 0.1) is 0 Å². The fourth-order valence-corrected chi connectivity index (χ4v) is 4.92. The molecule has 0 bridgehead atoms. The van der Waals surface area contributed by atoms with Gasteiger partial charge in [-0.25, -0.2) is 0 Å². The molecule has 2 rings (SSSR count).